The first-order valence-corrected chi connectivity index (χ1v) is 8.24. The number of aryl methyl sites for hydroxylation is 1. The molecule has 0 fully saturated rings. The number of hydrogen-bond donors (Lipinski definition) is 2. The summed E-state index contributed by atoms with van der Waals surface area (Å²) >= 11 is 5.98. The highest BCUT2D eigenvalue weighted by Crippen LogP contribution is 2.22. The summed E-state index contributed by atoms with van der Waals surface area (Å²) in [5.74, 6) is 0.258. The molecule has 1 aromatic heterocycles. The van der Waals surface area contributed by atoms with Crippen LogP contribution in [0.3, 0.4) is 0 Å². The summed E-state index contributed by atoms with van der Waals surface area (Å²) in [6.07, 6.45) is 2.77. The SMILES string of the molecule is Cc1cc(O[C@@H](C)C(=O)NN=Cc2c[nH]c3ccccc23)ccc1Cl. The number of carbonyl (C=O) groups excluding carboxylic acids is 1. The molecule has 25 heavy (non-hydrogen) atoms. The van der Waals surface area contributed by atoms with Crippen molar-refractivity contribution in [3.05, 3.63) is 64.8 Å². The van der Waals surface area contributed by atoms with Crippen LogP contribution < -0.4 is 10.2 Å². The fraction of sp³-hybridized carbons (Fsp3) is 0.158. The maximum atomic E-state index is 12.1. The number of fused-ring (bicyclic) bond motifs is 1. The summed E-state index contributed by atoms with van der Waals surface area (Å²) in [5, 5.41) is 5.72. The molecule has 3 rings (SSSR count). The van der Waals surface area contributed by atoms with E-state index in [1.807, 2.05) is 37.4 Å². The van der Waals surface area contributed by atoms with Crippen LogP contribution in [0, 0.1) is 6.92 Å². The topological polar surface area (TPSA) is 66.5 Å². The third-order valence-electron chi connectivity index (χ3n) is 3.81. The third kappa shape index (κ3) is 4.00. The van der Waals surface area contributed by atoms with Gasteiger partial charge in [0, 0.05) is 27.7 Å². The Morgan fingerprint density at radius 2 is 2.12 bits per heavy atom. The zero-order valence-electron chi connectivity index (χ0n) is 13.9. The van der Waals surface area contributed by atoms with Crippen LogP contribution in [-0.4, -0.2) is 23.2 Å². The number of H-pyrrole nitrogens is 1. The molecule has 3 aromatic rings. The van der Waals surface area contributed by atoms with E-state index in [9.17, 15) is 4.79 Å². The van der Waals surface area contributed by atoms with Gasteiger partial charge in [-0.05, 0) is 43.7 Å². The molecular formula is C19H18ClN3O2. The lowest BCUT2D eigenvalue weighted by atomic mass is 10.2. The van der Waals surface area contributed by atoms with Gasteiger partial charge in [-0.1, -0.05) is 29.8 Å². The zero-order valence-corrected chi connectivity index (χ0v) is 14.7. The minimum absolute atomic E-state index is 0.330. The van der Waals surface area contributed by atoms with E-state index >= 15 is 0 Å². The molecule has 0 aliphatic rings. The standard InChI is InChI=1S/C19H18ClN3O2/c1-12-9-15(7-8-17(12)20)25-13(2)19(24)23-22-11-14-10-21-18-6-4-3-5-16(14)18/h3-11,13,21H,1-2H3,(H,23,24)/t13-/m0/s1. The van der Waals surface area contributed by atoms with Gasteiger partial charge in [0.2, 0.25) is 0 Å². The predicted molar refractivity (Wildman–Crippen MR) is 100 cm³/mol. The van der Waals surface area contributed by atoms with Crippen LogP contribution in [-0.2, 0) is 4.79 Å². The Balaban J connectivity index is 1.60. The van der Waals surface area contributed by atoms with E-state index in [1.54, 1.807) is 31.3 Å². The van der Waals surface area contributed by atoms with Crippen molar-refractivity contribution in [2.45, 2.75) is 20.0 Å². The second-order valence-corrected chi connectivity index (χ2v) is 6.10. The normalized spacial score (nSPS) is 12.4. The summed E-state index contributed by atoms with van der Waals surface area (Å²) in [5.41, 5.74) is 5.31. The second kappa shape index (κ2) is 7.40. The van der Waals surface area contributed by atoms with Gasteiger partial charge in [-0.2, -0.15) is 5.10 Å². The first-order chi connectivity index (χ1) is 12.0. The van der Waals surface area contributed by atoms with Crippen LogP contribution in [0.1, 0.15) is 18.1 Å². The minimum Gasteiger partial charge on any atom is -0.481 e. The number of para-hydroxylation sites is 1. The Morgan fingerprint density at radius 3 is 2.92 bits per heavy atom. The highest BCUT2D eigenvalue weighted by molar-refractivity contribution is 6.31. The molecule has 2 aromatic carbocycles. The lowest BCUT2D eigenvalue weighted by molar-refractivity contribution is -0.127. The number of hydrogen-bond acceptors (Lipinski definition) is 3. The number of nitrogens with zero attached hydrogens (tertiary/aromatic N) is 1. The Bertz CT molecular complexity index is 933. The number of rotatable bonds is 5. The van der Waals surface area contributed by atoms with Crippen LogP contribution >= 0.6 is 11.6 Å². The van der Waals surface area contributed by atoms with Crippen molar-refractivity contribution >= 4 is 34.6 Å². The Labute approximate surface area is 150 Å². The molecular weight excluding hydrogens is 338 g/mol. The van der Waals surface area contributed by atoms with Crippen LogP contribution in [0.4, 0.5) is 0 Å². The highest BCUT2D eigenvalue weighted by atomic mass is 35.5. The van der Waals surface area contributed by atoms with Crippen LogP contribution in [0.5, 0.6) is 5.75 Å². The molecule has 128 valence electrons. The summed E-state index contributed by atoms with van der Waals surface area (Å²) in [6.45, 7) is 3.55. The van der Waals surface area contributed by atoms with E-state index in [1.165, 1.54) is 0 Å². The number of amides is 1. The Hall–Kier alpha value is -2.79. The molecule has 0 unspecified atom stereocenters. The maximum Gasteiger partial charge on any atom is 0.280 e. The van der Waals surface area contributed by atoms with Crippen molar-refractivity contribution in [1.82, 2.24) is 10.4 Å². The smallest absolute Gasteiger partial charge is 0.280 e. The van der Waals surface area contributed by atoms with Crippen molar-refractivity contribution < 1.29 is 9.53 Å². The first kappa shape index (κ1) is 17.0. The number of halogens is 1. The van der Waals surface area contributed by atoms with Crippen molar-refractivity contribution in [3.63, 3.8) is 0 Å². The highest BCUT2D eigenvalue weighted by Gasteiger charge is 2.14. The number of aromatic nitrogens is 1. The van der Waals surface area contributed by atoms with E-state index in [4.69, 9.17) is 16.3 Å². The van der Waals surface area contributed by atoms with Gasteiger partial charge in [-0.15, -0.1) is 0 Å². The molecule has 1 heterocycles. The molecule has 1 amide bonds. The van der Waals surface area contributed by atoms with Gasteiger partial charge in [0.25, 0.3) is 5.91 Å². The Morgan fingerprint density at radius 1 is 1.32 bits per heavy atom. The van der Waals surface area contributed by atoms with E-state index in [-0.39, 0.29) is 5.91 Å². The van der Waals surface area contributed by atoms with Crippen LogP contribution in [0.15, 0.2) is 53.8 Å². The van der Waals surface area contributed by atoms with Gasteiger partial charge < -0.3 is 9.72 Å². The summed E-state index contributed by atoms with van der Waals surface area (Å²) in [6, 6.07) is 13.1. The number of carbonyl (C=O) groups is 1. The number of nitrogens with one attached hydrogen (secondary N) is 2. The molecule has 6 heteroatoms. The molecule has 0 aliphatic carbocycles. The van der Waals surface area contributed by atoms with Gasteiger partial charge in [0.1, 0.15) is 5.75 Å². The molecule has 2 N–H and O–H groups in total. The lowest BCUT2D eigenvalue weighted by Crippen LogP contribution is -2.33. The second-order valence-electron chi connectivity index (χ2n) is 5.69. The lowest BCUT2D eigenvalue weighted by Gasteiger charge is -2.13. The molecule has 0 spiro atoms. The monoisotopic (exact) mass is 355 g/mol. The number of aromatic amines is 1. The van der Waals surface area contributed by atoms with E-state index in [0.717, 1.165) is 22.0 Å². The third-order valence-corrected chi connectivity index (χ3v) is 4.24. The van der Waals surface area contributed by atoms with Gasteiger partial charge in [0.05, 0.1) is 6.21 Å². The fourth-order valence-corrected chi connectivity index (χ4v) is 2.52. The quantitative estimate of drug-likeness (QED) is 0.535. The van der Waals surface area contributed by atoms with Crippen molar-refractivity contribution in [2.24, 2.45) is 5.10 Å². The number of hydrazone groups is 1. The van der Waals surface area contributed by atoms with E-state index < -0.39 is 6.10 Å². The average molecular weight is 356 g/mol. The molecule has 5 nitrogen and oxygen atoms in total. The summed E-state index contributed by atoms with van der Waals surface area (Å²) in [4.78, 5) is 15.3. The van der Waals surface area contributed by atoms with Crippen molar-refractivity contribution in [2.75, 3.05) is 0 Å². The van der Waals surface area contributed by atoms with Gasteiger partial charge in [-0.3, -0.25) is 4.79 Å². The molecule has 0 aliphatic heterocycles. The average Bonchev–Trinajstić information content (AvgIpc) is 3.01. The molecule has 0 radical (unpaired) electrons. The largest absolute Gasteiger partial charge is 0.481 e. The minimum atomic E-state index is -0.680. The van der Waals surface area contributed by atoms with Gasteiger partial charge in [-0.25, -0.2) is 5.43 Å². The van der Waals surface area contributed by atoms with Gasteiger partial charge in [0.15, 0.2) is 6.10 Å². The maximum absolute atomic E-state index is 12.1. The van der Waals surface area contributed by atoms with E-state index in [0.29, 0.717) is 10.8 Å². The van der Waals surface area contributed by atoms with Gasteiger partial charge >= 0.3 is 0 Å². The fourth-order valence-electron chi connectivity index (χ4n) is 2.41. The summed E-state index contributed by atoms with van der Waals surface area (Å²) < 4.78 is 5.62. The summed E-state index contributed by atoms with van der Waals surface area (Å²) in [7, 11) is 0. The number of ether oxygens (including phenoxy) is 1. The number of benzene rings is 2. The molecule has 1 atom stereocenters. The zero-order chi connectivity index (χ0) is 17.8. The van der Waals surface area contributed by atoms with Crippen molar-refractivity contribution in [3.8, 4) is 5.75 Å². The molecule has 0 saturated heterocycles. The molecule has 0 bridgehead atoms. The Kier molecular flexibility index (Phi) is 5.05. The van der Waals surface area contributed by atoms with Crippen molar-refractivity contribution in [1.29, 1.82) is 0 Å². The van der Waals surface area contributed by atoms with Crippen LogP contribution in [0.25, 0.3) is 10.9 Å². The first-order valence-electron chi connectivity index (χ1n) is 7.86. The van der Waals surface area contributed by atoms with E-state index in [2.05, 4.69) is 15.5 Å². The molecule has 0 saturated carbocycles. The van der Waals surface area contributed by atoms with Crippen LogP contribution in [0.2, 0.25) is 5.02 Å². The predicted octanol–water partition coefficient (Wildman–Crippen LogP) is 4.05.